The van der Waals surface area contributed by atoms with Gasteiger partial charge in [-0.15, -0.1) is 0 Å². The van der Waals surface area contributed by atoms with Crippen LogP contribution < -0.4 is 15.7 Å². The van der Waals surface area contributed by atoms with Gasteiger partial charge in [0.15, 0.2) is 6.61 Å². The quantitative estimate of drug-likeness (QED) is 0.365. The third-order valence-corrected chi connectivity index (χ3v) is 3.78. The van der Waals surface area contributed by atoms with Gasteiger partial charge in [0.2, 0.25) is 6.41 Å². The Kier molecular flexibility index (Phi) is 8.32. The monoisotopic (exact) mass is 426 g/mol. The molecule has 0 fully saturated rings. The summed E-state index contributed by atoms with van der Waals surface area (Å²) in [7, 11) is 4.91. The predicted octanol–water partition coefficient (Wildman–Crippen LogP) is 2.30. The topological polar surface area (TPSA) is 115 Å². The van der Waals surface area contributed by atoms with E-state index in [1.165, 1.54) is 18.1 Å². The highest BCUT2D eigenvalue weighted by molar-refractivity contribution is 5.96. The van der Waals surface area contributed by atoms with Crippen molar-refractivity contribution in [3.8, 4) is 5.75 Å². The molecule has 0 unspecified atom stereocenters. The molecule has 0 saturated carbocycles. The van der Waals surface area contributed by atoms with Crippen molar-refractivity contribution in [1.29, 1.82) is 0 Å². The van der Waals surface area contributed by atoms with Crippen molar-refractivity contribution in [2.45, 2.75) is 0 Å². The van der Waals surface area contributed by atoms with Crippen LogP contribution in [0.5, 0.6) is 5.75 Å². The van der Waals surface area contributed by atoms with E-state index < -0.39 is 24.1 Å². The van der Waals surface area contributed by atoms with Crippen LogP contribution >= 0.6 is 0 Å². The number of hydrogen-bond acceptors (Lipinski definition) is 7. The zero-order valence-corrected chi connectivity index (χ0v) is 17.3. The average molecular weight is 426 g/mol. The fourth-order valence-corrected chi connectivity index (χ4v) is 2.28. The van der Waals surface area contributed by atoms with Crippen LogP contribution in [0.4, 0.5) is 5.69 Å². The molecule has 0 aliphatic heterocycles. The molecule has 9 heteroatoms. The minimum atomic E-state index is -0.922. The minimum Gasteiger partial charge on any atom is -0.497 e. The van der Waals surface area contributed by atoms with Crippen molar-refractivity contribution in [3.05, 3.63) is 70.6 Å². The fraction of sp³-hybridized carbons (Fsp3) is 0.182. The van der Waals surface area contributed by atoms with Crippen molar-refractivity contribution < 1.29 is 28.3 Å². The molecule has 0 aliphatic carbocycles. The first-order chi connectivity index (χ1) is 14.8. The standard InChI is InChI=1S/C19H15NO6.C3H7NO/c1-24-14-8-6-13(7-9-14)20-17(21)11-25-18(22)15-10-12-4-2-3-5-16(12)26-19(15)23;1-4(2)3-5/h2-10H,11H2,1H3,(H,20,21);3H,1-2H3. The van der Waals surface area contributed by atoms with Gasteiger partial charge >= 0.3 is 11.6 Å². The van der Waals surface area contributed by atoms with Crippen molar-refractivity contribution in [2.75, 3.05) is 33.1 Å². The van der Waals surface area contributed by atoms with Crippen LogP contribution in [0.1, 0.15) is 10.4 Å². The van der Waals surface area contributed by atoms with Crippen LogP contribution in [0.3, 0.4) is 0 Å². The van der Waals surface area contributed by atoms with E-state index in [4.69, 9.17) is 13.9 Å². The van der Waals surface area contributed by atoms with Crippen molar-refractivity contribution in [3.63, 3.8) is 0 Å². The van der Waals surface area contributed by atoms with Gasteiger partial charge in [-0.05, 0) is 36.4 Å². The lowest BCUT2D eigenvalue weighted by molar-refractivity contribution is -0.119. The summed E-state index contributed by atoms with van der Waals surface area (Å²) in [5.74, 6) is -0.805. The molecule has 31 heavy (non-hydrogen) atoms. The summed E-state index contributed by atoms with van der Waals surface area (Å²) < 4.78 is 15.0. The number of fused-ring (bicyclic) bond motifs is 1. The van der Waals surface area contributed by atoms with Gasteiger partial charge in [-0.25, -0.2) is 9.59 Å². The van der Waals surface area contributed by atoms with Crippen molar-refractivity contribution in [1.82, 2.24) is 4.90 Å². The number of hydrogen-bond donors (Lipinski definition) is 1. The first-order valence-corrected chi connectivity index (χ1v) is 9.09. The molecular formula is C22H22N2O7. The number of carbonyl (C=O) groups is 3. The number of amides is 2. The van der Waals surface area contributed by atoms with Crippen molar-refractivity contribution >= 4 is 34.9 Å². The van der Waals surface area contributed by atoms with E-state index in [1.807, 2.05) is 0 Å². The molecule has 0 bridgehead atoms. The van der Waals surface area contributed by atoms with Crippen LogP contribution in [-0.2, 0) is 14.3 Å². The molecule has 0 aliphatic rings. The normalized spacial score (nSPS) is 9.77. The maximum absolute atomic E-state index is 12.1. The second-order valence-electron chi connectivity index (χ2n) is 6.41. The third-order valence-electron chi connectivity index (χ3n) is 3.78. The zero-order chi connectivity index (χ0) is 22.8. The number of carbonyl (C=O) groups excluding carboxylic acids is 3. The van der Waals surface area contributed by atoms with Crippen LogP contribution in [0.2, 0.25) is 0 Å². The molecule has 3 rings (SSSR count). The van der Waals surface area contributed by atoms with Gasteiger partial charge < -0.3 is 24.1 Å². The van der Waals surface area contributed by atoms with E-state index in [-0.39, 0.29) is 5.56 Å². The molecule has 1 N–H and O–H groups in total. The number of nitrogens with zero attached hydrogens (tertiary/aromatic N) is 1. The van der Waals surface area contributed by atoms with E-state index in [9.17, 15) is 19.2 Å². The summed E-state index contributed by atoms with van der Waals surface area (Å²) in [5.41, 5.74) is -0.187. The predicted molar refractivity (Wildman–Crippen MR) is 114 cm³/mol. The highest BCUT2D eigenvalue weighted by Crippen LogP contribution is 2.15. The van der Waals surface area contributed by atoms with E-state index in [0.717, 1.165) is 6.41 Å². The van der Waals surface area contributed by atoms with Gasteiger partial charge in [-0.3, -0.25) is 9.59 Å². The summed E-state index contributed by atoms with van der Waals surface area (Å²) in [6.07, 6.45) is 0.750. The Balaban J connectivity index is 0.000000614. The Morgan fingerprint density at radius 3 is 2.35 bits per heavy atom. The Labute approximate surface area is 178 Å². The van der Waals surface area contributed by atoms with Gasteiger partial charge in [0.1, 0.15) is 16.9 Å². The SMILES string of the molecule is CN(C)C=O.COc1ccc(NC(=O)COC(=O)c2cc3ccccc3oc2=O)cc1. The molecule has 3 aromatic rings. The van der Waals surface area contributed by atoms with Gasteiger partial charge in [-0.1, -0.05) is 18.2 Å². The second-order valence-corrected chi connectivity index (χ2v) is 6.41. The van der Waals surface area contributed by atoms with Crippen LogP contribution in [-0.4, -0.2) is 51.0 Å². The minimum absolute atomic E-state index is 0.263. The van der Waals surface area contributed by atoms with Crippen LogP contribution in [0.15, 0.2) is 63.8 Å². The maximum atomic E-state index is 12.1. The molecule has 0 saturated heterocycles. The highest BCUT2D eigenvalue weighted by atomic mass is 16.5. The Morgan fingerprint density at radius 1 is 1.10 bits per heavy atom. The van der Waals surface area contributed by atoms with Crippen molar-refractivity contribution in [2.24, 2.45) is 0 Å². The highest BCUT2D eigenvalue weighted by Gasteiger charge is 2.16. The molecular weight excluding hydrogens is 404 g/mol. The molecule has 0 spiro atoms. The van der Waals surface area contributed by atoms with E-state index in [2.05, 4.69) is 5.32 Å². The first kappa shape index (κ1) is 23.1. The Morgan fingerprint density at radius 2 is 1.74 bits per heavy atom. The Hall–Kier alpha value is -4.14. The second kappa shape index (κ2) is 11.1. The van der Waals surface area contributed by atoms with Gasteiger partial charge in [0.25, 0.3) is 5.91 Å². The van der Waals surface area contributed by atoms with Gasteiger partial charge in [-0.2, -0.15) is 0 Å². The summed E-state index contributed by atoms with van der Waals surface area (Å²) in [6, 6.07) is 14.8. The van der Waals surface area contributed by atoms with E-state index in [1.54, 1.807) is 62.6 Å². The number of nitrogens with one attached hydrogen (secondary N) is 1. The molecule has 2 aromatic carbocycles. The molecule has 0 atom stereocenters. The smallest absolute Gasteiger partial charge is 0.351 e. The van der Waals surface area contributed by atoms with E-state index >= 15 is 0 Å². The number of benzene rings is 2. The number of ether oxygens (including phenoxy) is 2. The summed E-state index contributed by atoms with van der Waals surface area (Å²) >= 11 is 0. The molecule has 9 nitrogen and oxygen atoms in total. The summed E-state index contributed by atoms with van der Waals surface area (Å²) in [4.78, 5) is 46.7. The van der Waals surface area contributed by atoms with Gasteiger partial charge in [0, 0.05) is 25.2 Å². The van der Waals surface area contributed by atoms with Crippen LogP contribution in [0.25, 0.3) is 11.0 Å². The zero-order valence-electron chi connectivity index (χ0n) is 17.3. The number of rotatable bonds is 6. The van der Waals surface area contributed by atoms with E-state index in [0.29, 0.717) is 22.4 Å². The fourth-order valence-electron chi connectivity index (χ4n) is 2.28. The summed E-state index contributed by atoms with van der Waals surface area (Å²) in [5, 5.41) is 3.16. The first-order valence-electron chi connectivity index (χ1n) is 9.09. The lowest BCUT2D eigenvalue weighted by Gasteiger charge is -2.07. The number of para-hydroxylation sites is 1. The largest absolute Gasteiger partial charge is 0.497 e. The molecule has 1 heterocycles. The average Bonchev–Trinajstić information content (AvgIpc) is 2.78. The molecule has 2 amide bonds. The molecule has 162 valence electrons. The molecule has 0 radical (unpaired) electrons. The number of anilines is 1. The third kappa shape index (κ3) is 7.00. The summed E-state index contributed by atoms with van der Waals surface area (Å²) in [6.45, 7) is -0.531. The Bertz CT molecular complexity index is 1100. The van der Waals surface area contributed by atoms with Gasteiger partial charge in [0.05, 0.1) is 7.11 Å². The lowest BCUT2D eigenvalue weighted by Crippen LogP contribution is -2.23. The molecule has 1 aromatic heterocycles. The lowest BCUT2D eigenvalue weighted by atomic mass is 10.2. The number of esters is 1. The van der Waals surface area contributed by atoms with Crippen LogP contribution in [0, 0.1) is 0 Å². The maximum Gasteiger partial charge on any atom is 0.351 e. The number of methoxy groups -OCH3 is 1.